The first-order valence-corrected chi connectivity index (χ1v) is 9.24. The minimum absolute atomic E-state index is 0.0417. The lowest BCUT2D eigenvalue weighted by molar-refractivity contribution is 0.0383. The number of pyridine rings is 1. The van der Waals surface area contributed by atoms with Gasteiger partial charge < -0.3 is 14.6 Å². The summed E-state index contributed by atoms with van der Waals surface area (Å²) in [6, 6.07) is 7.83. The smallest absolute Gasteiger partial charge is 0.263 e. The molecule has 1 fully saturated rings. The van der Waals surface area contributed by atoms with E-state index in [1.807, 2.05) is 41.2 Å². The second kappa shape index (κ2) is 7.35. The zero-order chi connectivity index (χ0) is 17.1. The third-order valence-electron chi connectivity index (χ3n) is 4.33. The molecule has 0 atom stereocenters. The van der Waals surface area contributed by atoms with Gasteiger partial charge in [0.25, 0.3) is 5.91 Å². The van der Waals surface area contributed by atoms with Gasteiger partial charge in [-0.2, -0.15) is 0 Å². The number of hydrogen-bond acceptors (Lipinski definition) is 5. The first-order chi connectivity index (χ1) is 12.3. The van der Waals surface area contributed by atoms with Crippen molar-refractivity contribution in [3.05, 3.63) is 47.7 Å². The maximum atomic E-state index is 12.8. The van der Waals surface area contributed by atoms with Crippen molar-refractivity contribution in [3.63, 3.8) is 0 Å². The van der Waals surface area contributed by atoms with Crippen LogP contribution in [-0.2, 0) is 4.74 Å². The van der Waals surface area contributed by atoms with E-state index >= 15 is 0 Å². The third-order valence-corrected chi connectivity index (χ3v) is 5.43. The van der Waals surface area contributed by atoms with Crippen LogP contribution in [0.4, 0.5) is 0 Å². The van der Waals surface area contributed by atoms with Crippen molar-refractivity contribution in [2.24, 2.45) is 0 Å². The molecule has 7 heteroatoms. The second-order valence-electron chi connectivity index (χ2n) is 5.94. The minimum Gasteiger partial charge on any atom is -0.379 e. The molecule has 1 N–H and O–H groups in total. The molecule has 4 heterocycles. The van der Waals surface area contributed by atoms with Crippen molar-refractivity contribution >= 4 is 27.5 Å². The van der Waals surface area contributed by atoms with E-state index in [0.717, 1.165) is 48.8 Å². The molecule has 3 aromatic rings. The van der Waals surface area contributed by atoms with Crippen molar-refractivity contribution < 1.29 is 9.53 Å². The summed E-state index contributed by atoms with van der Waals surface area (Å²) in [6.07, 6.45) is 5.68. The van der Waals surface area contributed by atoms with Crippen LogP contribution in [-0.4, -0.2) is 59.8 Å². The van der Waals surface area contributed by atoms with Gasteiger partial charge in [-0.25, -0.2) is 4.98 Å². The Labute approximate surface area is 150 Å². The van der Waals surface area contributed by atoms with Crippen LogP contribution >= 0.6 is 11.3 Å². The van der Waals surface area contributed by atoms with Gasteiger partial charge >= 0.3 is 0 Å². The van der Waals surface area contributed by atoms with Gasteiger partial charge in [0.15, 0.2) is 0 Å². The Balaban J connectivity index is 1.53. The number of nitrogens with one attached hydrogen (secondary N) is 1. The maximum Gasteiger partial charge on any atom is 0.263 e. The van der Waals surface area contributed by atoms with Crippen molar-refractivity contribution in [3.8, 4) is 5.69 Å². The number of rotatable bonds is 5. The highest BCUT2D eigenvalue weighted by molar-refractivity contribution is 7.21. The van der Waals surface area contributed by atoms with Crippen molar-refractivity contribution in [2.45, 2.75) is 0 Å². The molecule has 3 aromatic heterocycles. The van der Waals surface area contributed by atoms with Gasteiger partial charge in [0.1, 0.15) is 9.71 Å². The molecule has 0 saturated carbocycles. The molecule has 1 aliphatic rings. The van der Waals surface area contributed by atoms with E-state index in [2.05, 4.69) is 15.2 Å². The number of carbonyl (C=O) groups is 1. The molecule has 130 valence electrons. The highest BCUT2D eigenvalue weighted by atomic mass is 32.1. The standard InChI is InChI=1S/C18H20N4O2S/c23-17(19-6-9-21-10-12-24-13-11-21)16-15(22-7-1-2-8-22)14-4-3-5-20-18(14)25-16/h1-5,7-8H,6,9-13H2,(H,19,23). The SMILES string of the molecule is O=C(NCCN1CCOCC1)c1sc2ncccc2c1-n1cccc1. The number of morpholine rings is 1. The number of ether oxygens (including phenoxy) is 1. The predicted octanol–water partition coefficient (Wildman–Crippen LogP) is 2.15. The summed E-state index contributed by atoms with van der Waals surface area (Å²) in [5.74, 6) is -0.0417. The molecule has 0 unspecified atom stereocenters. The van der Waals surface area contributed by atoms with E-state index in [1.165, 1.54) is 11.3 Å². The molecule has 0 radical (unpaired) electrons. The number of hydrogen-bond donors (Lipinski definition) is 1. The summed E-state index contributed by atoms with van der Waals surface area (Å²) in [6.45, 7) is 4.87. The molecule has 0 spiro atoms. The van der Waals surface area contributed by atoms with Crippen LogP contribution in [0.3, 0.4) is 0 Å². The summed E-state index contributed by atoms with van der Waals surface area (Å²) >= 11 is 1.44. The highest BCUT2D eigenvalue weighted by Gasteiger charge is 2.20. The molecule has 1 saturated heterocycles. The zero-order valence-electron chi connectivity index (χ0n) is 13.9. The minimum atomic E-state index is -0.0417. The number of amides is 1. The fourth-order valence-electron chi connectivity index (χ4n) is 3.05. The Morgan fingerprint density at radius 1 is 1.24 bits per heavy atom. The number of nitrogens with zero attached hydrogens (tertiary/aromatic N) is 3. The average molecular weight is 356 g/mol. The third kappa shape index (κ3) is 3.44. The molecule has 1 aliphatic heterocycles. The molecule has 6 nitrogen and oxygen atoms in total. The Hall–Kier alpha value is -2.22. The van der Waals surface area contributed by atoms with Gasteiger partial charge in [-0.05, 0) is 24.3 Å². The van der Waals surface area contributed by atoms with E-state index in [-0.39, 0.29) is 5.91 Å². The van der Waals surface area contributed by atoms with Crippen LogP contribution in [0, 0.1) is 0 Å². The Bertz CT molecular complexity index is 853. The van der Waals surface area contributed by atoms with Crippen LogP contribution in [0.1, 0.15) is 9.67 Å². The highest BCUT2D eigenvalue weighted by Crippen LogP contribution is 2.32. The van der Waals surface area contributed by atoms with Crippen molar-refractivity contribution in [2.75, 3.05) is 39.4 Å². The molecule has 0 bridgehead atoms. The van der Waals surface area contributed by atoms with Crippen LogP contribution in [0.15, 0.2) is 42.9 Å². The summed E-state index contributed by atoms with van der Waals surface area (Å²) in [5.41, 5.74) is 0.905. The van der Waals surface area contributed by atoms with Crippen LogP contribution in [0.25, 0.3) is 15.9 Å². The normalized spacial score (nSPS) is 15.5. The summed E-state index contributed by atoms with van der Waals surface area (Å²) in [4.78, 5) is 21.1. The number of fused-ring (bicyclic) bond motifs is 1. The molecule has 25 heavy (non-hydrogen) atoms. The summed E-state index contributed by atoms with van der Waals surface area (Å²) in [7, 11) is 0. The number of aromatic nitrogens is 2. The Kier molecular flexibility index (Phi) is 4.78. The number of carbonyl (C=O) groups excluding carboxylic acids is 1. The maximum absolute atomic E-state index is 12.8. The van der Waals surface area contributed by atoms with E-state index in [0.29, 0.717) is 11.4 Å². The Morgan fingerprint density at radius 3 is 2.84 bits per heavy atom. The van der Waals surface area contributed by atoms with Gasteiger partial charge in [-0.1, -0.05) is 0 Å². The molecular weight excluding hydrogens is 336 g/mol. The van der Waals surface area contributed by atoms with Gasteiger partial charge in [-0.3, -0.25) is 9.69 Å². The van der Waals surface area contributed by atoms with E-state index in [1.54, 1.807) is 6.20 Å². The summed E-state index contributed by atoms with van der Waals surface area (Å²) in [5, 5.41) is 4.06. The first-order valence-electron chi connectivity index (χ1n) is 8.42. The van der Waals surface area contributed by atoms with Crippen LogP contribution in [0.5, 0.6) is 0 Å². The lowest BCUT2D eigenvalue weighted by Crippen LogP contribution is -2.41. The topological polar surface area (TPSA) is 59.4 Å². The van der Waals surface area contributed by atoms with Gasteiger partial charge in [0, 0.05) is 50.2 Å². The molecular formula is C18H20N4O2S. The van der Waals surface area contributed by atoms with Gasteiger partial charge in [0.05, 0.1) is 18.9 Å². The van der Waals surface area contributed by atoms with Crippen LogP contribution < -0.4 is 5.32 Å². The van der Waals surface area contributed by atoms with E-state index in [9.17, 15) is 4.79 Å². The Morgan fingerprint density at radius 2 is 2.04 bits per heavy atom. The molecule has 1 amide bonds. The lowest BCUT2D eigenvalue weighted by atomic mass is 10.2. The van der Waals surface area contributed by atoms with Gasteiger partial charge in [-0.15, -0.1) is 11.3 Å². The van der Waals surface area contributed by atoms with Crippen molar-refractivity contribution in [1.82, 2.24) is 19.8 Å². The van der Waals surface area contributed by atoms with E-state index in [4.69, 9.17) is 4.74 Å². The lowest BCUT2D eigenvalue weighted by Gasteiger charge is -2.26. The fourth-order valence-corrected chi connectivity index (χ4v) is 4.10. The van der Waals surface area contributed by atoms with E-state index < -0.39 is 0 Å². The van der Waals surface area contributed by atoms with Crippen LogP contribution in [0.2, 0.25) is 0 Å². The monoisotopic (exact) mass is 356 g/mol. The predicted molar refractivity (Wildman–Crippen MR) is 98.5 cm³/mol. The fraction of sp³-hybridized carbons (Fsp3) is 0.333. The molecule has 0 aliphatic carbocycles. The summed E-state index contributed by atoms with van der Waals surface area (Å²) < 4.78 is 7.33. The van der Waals surface area contributed by atoms with Gasteiger partial charge in [0.2, 0.25) is 0 Å². The average Bonchev–Trinajstić information content (AvgIpc) is 3.29. The quantitative estimate of drug-likeness (QED) is 0.761. The largest absolute Gasteiger partial charge is 0.379 e. The first kappa shape index (κ1) is 16.3. The molecule has 4 rings (SSSR count). The number of thiophene rings is 1. The second-order valence-corrected chi connectivity index (χ2v) is 6.94. The molecule has 0 aromatic carbocycles. The van der Waals surface area contributed by atoms with Crippen molar-refractivity contribution in [1.29, 1.82) is 0 Å². The zero-order valence-corrected chi connectivity index (χ0v) is 14.7.